The lowest BCUT2D eigenvalue weighted by Crippen LogP contribution is -2.48. The summed E-state index contributed by atoms with van der Waals surface area (Å²) in [4.78, 5) is 28.5. The van der Waals surface area contributed by atoms with Gasteiger partial charge in [-0.15, -0.1) is 11.6 Å². The van der Waals surface area contributed by atoms with E-state index in [4.69, 9.17) is 23.2 Å². The van der Waals surface area contributed by atoms with Crippen LogP contribution in [0.2, 0.25) is 5.02 Å². The van der Waals surface area contributed by atoms with E-state index in [9.17, 15) is 9.59 Å². The quantitative estimate of drug-likeness (QED) is 0.403. The molecule has 0 unspecified atom stereocenters. The first-order valence-electron chi connectivity index (χ1n) is 11.8. The van der Waals surface area contributed by atoms with Crippen molar-refractivity contribution < 1.29 is 9.59 Å². The molecule has 0 radical (unpaired) electrons. The van der Waals surface area contributed by atoms with Gasteiger partial charge in [-0.3, -0.25) is 14.5 Å². The van der Waals surface area contributed by atoms with Crippen LogP contribution in [-0.2, 0) is 11.2 Å². The van der Waals surface area contributed by atoms with Crippen LogP contribution < -0.4 is 5.32 Å². The van der Waals surface area contributed by atoms with Crippen LogP contribution in [-0.4, -0.2) is 60.2 Å². The number of hydrogen-bond acceptors (Lipinski definition) is 3. The highest BCUT2D eigenvalue weighted by Crippen LogP contribution is 2.26. The Morgan fingerprint density at radius 3 is 2.23 bits per heavy atom. The predicted molar refractivity (Wildman–Crippen MR) is 143 cm³/mol. The normalized spacial score (nSPS) is 14.1. The van der Waals surface area contributed by atoms with Crippen LogP contribution >= 0.6 is 23.2 Å². The number of carbonyl (C=O) groups is 2. The highest BCUT2D eigenvalue weighted by molar-refractivity contribution is 6.31. The first-order valence-corrected chi connectivity index (χ1v) is 12.8. The van der Waals surface area contributed by atoms with E-state index in [1.807, 2.05) is 23.1 Å². The van der Waals surface area contributed by atoms with Crippen LogP contribution in [0, 0.1) is 0 Å². The molecule has 3 aromatic carbocycles. The second kappa shape index (κ2) is 12.2. The van der Waals surface area contributed by atoms with E-state index in [0.717, 1.165) is 43.1 Å². The number of benzene rings is 3. The molecule has 1 aliphatic heterocycles. The Morgan fingerprint density at radius 2 is 1.57 bits per heavy atom. The third-order valence-corrected chi connectivity index (χ3v) is 6.87. The smallest absolute Gasteiger partial charge is 0.253 e. The van der Waals surface area contributed by atoms with Crippen molar-refractivity contribution >= 4 is 40.7 Å². The van der Waals surface area contributed by atoms with E-state index in [1.165, 1.54) is 11.1 Å². The lowest BCUT2D eigenvalue weighted by atomic mass is 10.0. The van der Waals surface area contributed by atoms with Crippen molar-refractivity contribution in [2.45, 2.75) is 12.8 Å². The maximum atomic E-state index is 12.8. The van der Waals surface area contributed by atoms with Gasteiger partial charge in [-0.2, -0.15) is 0 Å². The molecule has 5 nitrogen and oxygen atoms in total. The van der Waals surface area contributed by atoms with Crippen molar-refractivity contribution in [1.29, 1.82) is 0 Å². The molecular weight excluding hydrogens is 481 g/mol. The Morgan fingerprint density at radius 1 is 0.857 bits per heavy atom. The fourth-order valence-electron chi connectivity index (χ4n) is 4.30. The maximum absolute atomic E-state index is 12.8. The number of nitrogens with one attached hydrogen (secondary N) is 1. The Hall–Kier alpha value is -2.86. The minimum atomic E-state index is -0.270. The lowest BCUT2D eigenvalue weighted by Gasteiger charge is -2.34. The summed E-state index contributed by atoms with van der Waals surface area (Å²) in [7, 11) is 0. The SMILES string of the molecule is O=C(CCl)Nc1ccc(C(=O)N2CCN(CCCc3ccc(-c4ccccc4)cc3Cl)CC2)cc1. The number of aryl methyl sites for hydroxylation is 1. The Labute approximate surface area is 216 Å². The summed E-state index contributed by atoms with van der Waals surface area (Å²) >= 11 is 12.1. The Bertz CT molecular complexity index is 1140. The Balaban J connectivity index is 1.22. The zero-order valence-corrected chi connectivity index (χ0v) is 21.1. The van der Waals surface area contributed by atoms with E-state index in [-0.39, 0.29) is 17.7 Å². The molecule has 0 atom stereocenters. The van der Waals surface area contributed by atoms with Gasteiger partial charge in [0, 0.05) is 42.5 Å². The second-order valence-electron chi connectivity index (χ2n) is 8.67. The molecule has 0 saturated carbocycles. The number of amides is 2. The number of rotatable bonds is 8. The topological polar surface area (TPSA) is 52.7 Å². The molecule has 0 aliphatic carbocycles. The van der Waals surface area contributed by atoms with Gasteiger partial charge in [0.1, 0.15) is 5.88 Å². The van der Waals surface area contributed by atoms with E-state index in [0.29, 0.717) is 24.3 Å². The number of carbonyl (C=O) groups excluding carboxylic acids is 2. The van der Waals surface area contributed by atoms with Gasteiger partial charge in [0.25, 0.3) is 5.91 Å². The molecule has 1 N–H and O–H groups in total. The first kappa shape index (κ1) is 25.2. The van der Waals surface area contributed by atoms with Gasteiger partial charge >= 0.3 is 0 Å². The third-order valence-electron chi connectivity index (χ3n) is 6.28. The molecule has 4 rings (SSSR count). The standard InChI is InChI=1S/C28H29Cl2N3O2/c29-20-27(34)31-25-12-10-23(11-13-25)28(35)33-17-15-32(16-18-33)14-4-7-22-8-9-24(19-26(22)30)21-5-2-1-3-6-21/h1-3,5-6,8-13,19H,4,7,14-18,20H2,(H,31,34). The van der Waals surface area contributed by atoms with E-state index >= 15 is 0 Å². The largest absolute Gasteiger partial charge is 0.336 e. The van der Waals surface area contributed by atoms with Crippen molar-refractivity contribution in [2.75, 3.05) is 43.9 Å². The molecule has 35 heavy (non-hydrogen) atoms. The summed E-state index contributed by atoms with van der Waals surface area (Å²) in [5, 5.41) is 3.49. The summed E-state index contributed by atoms with van der Waals surface area (Å²) in [5.74, 6) is -0.350. The molecule has 0 aromatic heterocycles. The highest BCUT2D eigenvalue weighted by Gasteiger charge is 2.22. The summed E-state index contributed by atoms with van der Waals surface area (Å²) in [6, 6.07) is 23.5. The molecule has 1 saturated heterocycles. The van der Waals surface area contributed by atoms with E-state index in [1.54, 1.807) is 24.3 Å². The van der Waals surface area contributed by atoms with Gasteiger partial charge in [0.05, 0.1) is 0 Å². The number of halogens is 2. The van der Waals surface area contributed by atoms with Gasteiger partial charge in [0.15, 0.2) is 0 Å². The van der Waals surface area contributed by atoms with Gasteiger partial charge in [-0.1, -0.05) is 54.1 Å². The average Bonchev–Trinajstić information content (AvgIpc) is 2.90. The number of piperazine rings is 1. The molecule has 3 aromatic rings. The van der Waals surface area contributed by atoms with E-state index < -0.39 is 0 Å². The third kappa shape index (κ3) is 6.85. The average molecular weight is 510 g/mol. The van der Waals surface area contributed by atoms with Crippen molar-refractivity contribution in [3.05, 3.63) is 88.9 Å². The van der Waals surface area contributed by atoms with Crippen LogP contribution in [0.5, 0.6) is 0 Å². The minimum absolute atomic E-state index is 0.0187. The van der Waals surface area contributed by atoms with Gasteiger partial charge in [-0.25, -0.2) is 0 Å². The van der Waals surface area contributed by atoms with Crippen LogP contribution in [0.1, 0.15) is 22.3 Å². The monoisotopic (exact) mass is 509 g/mol. The van der Waals surface area contributed by atoms with E-state index in [2.05, 4.69) is 40.5 Å². The zero-order valence-electron chi connectivity index (χ0n) is 19.6. The van der Waals surface area contributed by atoms with Crippen molar-refractivity contribution in [1.82, 2.24) is 9.80 Å². The number of hydrogen-bond donors (Lipinski definition) is 1. The molecule has 1 fully saturated rings. The second-order valence-corrected chi connectivity index (χ2v) is 9.34. The van der Waals surface area contributed by atoms with Crippen molar-refractivity contribution in [2.24, 2.45) is 0 Å². The molecule has 2 amide bonds. The fraction of sp³-hybridized carbons (Fsp3) is 0.286. The predicted octanol–water partition coefficient (Wildman–Crippen LogP) is 5.57. The van der Waals surface area contributed by atoms with Crippen molar-refractivity contribution in [3.63, 3.8) is 0 Å². The maximum Gasteiger partial charge on any atom is 0.253 e. The molecule has 0 spiro atoms. The molecule has 1 aliphatic rings. The molecule has 1 heterocycles. The zero-order chi connectivity index (χ0) is 24.6. The summed E-state index contributed by atoms with van der Waals surface area (Å²) in [5.41, 5.74) is 4.73. The lowest BCUT2D eigenvalue weighted by molar-refractivity contribution is -0.113. The minimum Gasteiger partial charge on any atom is -0.336 e. The molecular formula is C28H29Cl2N3O2. The van der Waals surface area contributed by atoms with Crippen LogP contribution in [0.25, 0.3) is 11.1 Å². The number of anilines is 1. The highest BCUT2D eigenvalue weighted by atomic mass is 35.5. The van der Waals surface area contributed by atoms with Crippen molar-refractivity contribution in [3.8, 4) is 11.1 Å². The first-order chi connectivity index (χ1) is 17.0. The molecule has 0 bridgehead atoms. The number of alkyl halides is 1. The number of nitrogens with zero attached hydrogens (tertiary/aromatic N) is 2. The van der Waals surface area contributed by atoms with Gasteiger partial charge < -0.3 is 10.2 Å². The van der Waals surface area contributed by atoms with Gasteiger partial charge in [-0.05, 0) is 66.4 Å². The van der Waals surface area contributed by atoms with Crippen LogP contribution in [0.4, 0.5) is 5.69 Å². The fourth-order valence-corrected chi connectivity index (χ4v) is 4.64. The molecule has 182 valence electrons. The van der Waals surface area contributed by atoms with Crippen LogP contribution in [0.15, 0.2) is 72.8 Å². The Kier molecular flexibility index (Phi) is 8.80. The van der Waals surface area contributed by atoms with Gasteiger partial charge in [0.2, 0.25) is 5.91 Å². The summed E-state index contributed by atoms with van der Waals surface area (Å²) in [6.07, 6.45) is 1.95. The summed E-state index contributed by atoms with van der Waals surface area (Å²) < 4.78 is 0. The molecule has 7 heteroatoms. The summed E-state index contributed by atoms with van der Waals surface area (Å²) in [6.45, 7) is 4.10. The van der Waals surface area contributed by atoms with Crippen LogP contribution in [0.3, 0.4) is 0 Å².